The molecule has 0 radical (unpaired) electrons. The van der Waals surface area contributed by atoms with Crippen LogP contribution in [0, 0.1) is 0 Å². The van der Waals surface area contributed by atoms with Gasteiger partial charge >= 0.3 is 0 Å². The molecule has 1 aromatic rings. The van der Waals surface area contributed by atoms with Crippen LogP contribution in [0.5, 0.6) is 0 Å². The van der Waals surface area contributed by atoms with Crippen molar-refractivity contribution in [3.05, 3.63) is 10.6 Å². The highest BCUT2D eigenvalue weighted by molar-refractivity contribution is 6.31. The molecule has 1 fully saturated rings. The van der Waals surface area contributed by atoms with Crippen LogP contribution in [-0.2, 0) is 4.74 Å². The van der Waals surface area contributed by atoms with Crippen molar-refractivity contribution < 1.29 is 4.74 Å². The quantitative estimate of drug-likeness (QED) is 0.731. The van der Waals surface area contributed by atoms with Gasteiger partial charge in [0.25, 0.3) is 0 Å². The van der Waals surface area contributed by atoms with Crippen molar-refractivity contribution in [2.45, 2.75) is 25.5 Å². The molecule has 0 spiro atoms. The summed E-state index contributed by atoms with van der Waals surface area (Å²) in [5, 5.41) is 7.89. The summed E-state index contributed by atoms with van der Waals surface area (Å²) < 4.78 is 7.11. The fraction of sp³-hybridized carbons (Fsp3) is 0.714. The summed E-state index contributed by atoms with van der Waals surface area (Å²) in [6, 6.07) is 0. The molecule has 0 saturated carbocycles. The predicted molar refractivity (Wildman–Crippen MR) is 48.9 cm³/mol. The number of nitrogens with zero attached hydrogens (tertiary/aromatic N) is 3. The number of aromatic nitrogens is 3. The number of hydrogen-bond acceptors (Lipinski definition) is 3. The molecule has 1 saturated heterocycles. The Kier molecular flexibility index (Phi) is 2.71. The van der Waals surface area contributed by atoms with Crippen molar-refractivity contribution in [2.24, 2.45) is 0 Å². The Morgan fingerprint density at radius 1 is 1.23 bits per heavy atom. The third kappa shape index (κ3) is 1.80. The lowest BCUT2D eigenvalue weighted by Crippen LogP contribution is -2.18. The van der Waals surface area contributed by atoms with Gasteiger partial charge in [0.1, 0.15) is 6.23 Å². The van der Waals surface area contributed by atoms with E-state index in [-0.39, 0.29) is 16.8 Å². The molecule has 1 aromatic heterocycles. The SMILES string of the molecule is Clc1nnc(Cl)n1C1CCCCO1. The van der Waals surface area contributed by atoms with E-state index in [0.717, 1.165) is 25.9 Å². The first-order valence-corrected chi connectivity index (χ1v) is 4.92. The van der Waals surface area contributed by atoms with Crippen LogP contribution < -0.4 is 0 Å². The molecule has 0 N–H and O–H groups in total. The molecule has 1 unspecified atom stereocenters. The minimum absolute atomic E-state index is 0.0938. The number of ether oxygens (including phenoxy) is 1. The van der Waals surface area contributed by atoms with Gasteiger partial charge in [0, 0.05) is 6.61 Å². The van der Waals surface area contributed by atoms with Crippen LogP contribution in [0.1, 0.15) is 25.5 Å². The fourth-order valence-corrected chi connectivity index (χ4v) is 1.92. The molecule has 13 heavy (non-hydrogen) atoms. The summed E-state index contributed by atoms with van der Waals surface area (Å²) in [6.07, 6.45) is 3.03. The Balaban J connectivity index is 2.22. The summed E-state index contributed by atoms with van der Waals surface area (Å²) in [4.78, 5) is 0. The van der Waals surface area contributed by atoms with E-state index >= 15 is 0 Å². The van der Waals surface area contributed by atoms with Gasteiger partial charge in [0.2, 0.25) is 10.6 Å². The third-order valence-corrected chi connectivity index (χ3v) is 2.57. The number of hydrogen-bond donors (Lipinski definition) is 0. The van der Waals surface area contributed by atoms with E-state index in [0.29, 0.717) is 0 Å². The van der Waals surface area contributed by atoms with Gasteiger partial charge in [-0.25, -0.2) is 0 Å². The normalized spacial score (nSPS) is 23.4. The van der Waals surface area contributed by atoms with Crippen LogP contribution in [0.2, 0.25) is 10.6 Å². The maximum absolute atomic E-state index is 5.80. The maximum Gasteiger partial charge on any atom is 0.228 e. The minimum atomic E-state index is -0.0938. The summed E-state index contributed by atoms with van der Waals surface area (Å²) in [5.74, 6) is 0. The van der Waals surface area contributed by atoms with Crippen molar-refractivity contribution in [1.29, 1.82) is 0 Å². The zero-order valence-electron chi connectivity index (χ0n) is 6.91. The van der Waals surface area contributed by atoms with E-state index < -0.39 is 0 Å². The summed E-state index contributed by atoms with van der Waals surface area (Å²) in [7, 11) is 0. The van der Waals surface area contributed by atoms with Crippen LogP contribution in [-0.4, -0.2) is 21.4 Å². The summed E-state index contributed by atoms with van der Waals surface area (Å²) in [6.45, 7) is 0.746. The molecule has 0 bridgehead atoms. The van der Waals surface area contributed by atoms with Crippen molar-refractivity contribution in [2.75, 3.05) is 6.61 Å². The predicted octanol–water partition coefficient (Wildman–Crippen LogP) is 2.28. The molecule has 0 aliphatic carbocycles. The van der Waals surface area contributed by atoms with E-state index in [9.17, 15) is 0 Å². The van der Waals surface area contributed by atoms with Gasteiger partial charge in [0.05, 0.1) is 0 Å². The number of halogens is 2. The lowest BCUT2D eigenvalue weighted by atomic mass is 10.2. The first-order chi connectivity index (χ1) is 6.29. The molecule has 0 aromatic carbocycles. The van der Waals surface area contributed by atoms with Crippen molar-refractivity contribution >= 4 is 23.2 Å². The molecule has 6 heteroatoms. The summed E-state index contributed by atoms with van der Waals surface area (Å²) >= 11 is 11.6. The van der Waals surface area contributed by atoms with Gasteiger partial charge < -0.3 is 4.74 Å². The smallest absolute Gasteiger partial charge is 0.228 e. The maximum atomic E-state index is 5.80. The van der Waals surface area contributed by atoms with Crippen molar-refractivity contribution in [3.63, 3.8) is 0 Å². The lowest BCUT2D eigenvalue weighted by molar-refractivity contribution is -0.0318. The molecule has 0 amide bonds. The van der Waals surface area contributed by atoms with Crippen LogP contribution in [0.15, 0.2) is 0 Å². The average molecular weight is 222 g/mol. The molecule has 2 rings (SSSR count). The van der Waals surface area contributed by atoms with Gasteiger partial charge in [-0.3, -0.25) is 4.57 Å². The minimum Gasteiger partial charge on any atom is -0.358 e. The first kappa shape index (κ1) is 9.24. The molecule has 1 aliphatic rings. The topological polar surface area (TPSA) is 39.9 Å². The molecular formula is C7H9Cl2N3O. The van der Waals surface area contributed by atoms with Gasteiger partial charge in [-0.05, 0) is 42.5 Å². The van der Waals surface area contributed by atoms with E-state index in [2.05, 4.69) is 10.2 Å². The van der Waals surface area contributed by atoms with Crippen LogP contribution >= 0.6 is 23.2 Å². The average Bonchev–Trinajstić information content (AvgIpc) is 2.48. The zero-order chi connectivity index (χ0) is 9.26. The van der Waals surface area contributed by atoms with Crippen molar-refractivity contribution in [1.82, 2.24) is 14.8 Å². The van der Waals surface area contributed by atoms with Crippen LogP contribution in [0.25, 0.3) is 0 Å². The standard InChI is InChI=1S/C7H9Cl2N3O/c8-6-10-11-7(9)12(6)5-3-1-2-4-13-5/h5H,1-4H2. The van der Waals surface area contributed by atoms with Crippen LogP contribution in [0.3, 0.4) is 0 Å². The fourth-order valence-electron chi connectivity index (χ4n) is 1.42. The molecular weight excluding hydrogens is 213 g/mol. The van der Waals surface area contributed by atoms with Gasteiger partial charge in [0.15, 0.2) is 0 Å². The third-order valence-electron chi connectivity index (χ3n) is 2.06. The molecule has 4 nitrogen and oxygen atoms in total. The monoisotopic (exact) mass is 221 g/mol. The molecule has 1 atom stereocenters. The van der Waals surface area contributed by atoms with E-state index in [1.807, 2.05) is 0 Å². The molecule has 72 valence electrons. The second-order valence-corrected chi connectivity index (χ2v) is 3.61. The second-order valence-electron chi connectivity index (χ2n) is 2.93. The molecule has 2 heterocycles. The Labute approximate surface area is 85.8 Å². The van der Waals surface area contributed by atoms with Crippen molar-refractivity contribution in [3.8, 4) is 0 Å². The summed E-state index contributed by atoms with van der Waals surface area (Å²) in [5.41, 5.74) is 0. The lowest BCUT2D eigenvalue weighted by Gasteiger charge is -2.23. The van der Waals surface area contributed by atoms with E-state index in [1.54, 1.807) is 4.57 Å². The Morgan fingerprint density at radius 3 is 2.46 bits per heavy atom. The highest BCUT2D eigenvalue weighted by Crippen LogP contribution is 2.28. The van der Waals surface area contributed by atoms with Gasteiger partial charge in [-0.15, -0.1) is 10.2 Å². The number of rotatable bonds is 1. The zero-order valence-corrected chi connectivity index (χ0v) is 8.42. The Morgan fingerprint density at radius 2 is 1.92 bits per heavy atom. The van der Waals surface area contributed by atoms with Crippen LogP contribution in [0.4, 0.5) is 0 Å². The molecule has 1 aliphatic heterocycles. The van der Waals surface area contributed by atoms with E-state index in [1.165, 1.54) is 0 Å². The van der Waals surface area contributed by atoms with Gasteiger partial charge in [-0.2, -0.15) is 0 Å². The Bertz CT molecular complexity index is 276. The van der Waals surface area contributed by atoms with E-state index in [4.69, 9.17) is 27.9 Å². The second kappa shape index (κ2) is 3.82. The highest BCUT2D eigenvalue weighted by atomic mass is 35.5. The van der Waals surface area contributed by atoms with Gasteiger partial charge in [-0.1, -0.05) is 0 Å². The Hall–Kier alpha value is -0.320. The first-order valence-electron chi connectivity index (χ1n) is 4.16. The highest BCUT2D eigenvalue weighted by Gasteiger charge is 2.21. The largest absolute Gasteiger partial charge is 0.358 e.